The number of amides is 1. The van der Waals surface area contributed by atoms with E-state index < -0.39 is 0 Å². The Bertz CT molecular complexity index is 308. The normalized spacial score (nSPS) is 9.77. The summed E-state index contributed by atoms with van der Waals surface area (Å²) >= 11 is 0. The second-order valence-corrected chi connectivity index (χ2v) is 3.23. The first-order chi connectivity index (χ1) is 6.11. The molecule has 0 aliphatic carbocycles. The minimum atomic E-state index is 0.0850. The van der Waals surface area contributed by atoms with E-state index in [9.17, 15) is 4.79 Å². The van der Waals surface area contributed by atoms with Gasteiger partial charge in [0.15, 0.2) is 0 Å². The zero-order valence-corrected chi connectivity index (χ0v) is 8.24. The first-order valence-corrected chi connectivity index (χ1v) is 4.22. The summed E-state index contributed by atoms with van der Waals surface area (Å²) in [4.78, 5) is 17.1. The molecule has 0 N–H and O–H groups in total. The molecule has 3 nitrogen and oxygen atoms in total. The van der Waals surface area contributed by atoms with E-state index in [2.05, 4.69) is 4.98 Å². The molecule has 0 radical (unpaired) electrons. The number of carbonyl (C=O) groups is 1. The van der Waals surface area contributed by atoms with Gasteiger partial charge in [0.05, 0.1) is 12.1 Å². The van der Waals surface area contributed by atoms with Crippen LogP contribution >= 0.6 is 0 Å². The van der Waals surface area contributed by atoms with Crippen LogP contribution in [0.4, 0.5) is 0 Å². The number of carbonyl (C=O) groups excluding carboxylic acids is 1. The maximum Gasteiger partial charge on any atom is 0.228 e. The van der Waals surface area contributed by atoms with E-state index in [-0.39, 0.29) is 5.91 Å². The van der Waals surface area contributed by atoms with E-state index in [4.69, 9.17) is 0 Å². The van der Waals surface area contributed by atoms with Crippen molar-refractivity contribution in [2.45, 2.75) is 13.3 Å². The zero-order valence-electron chi connectivity index (χ0n) is 8.24. The second-order valence-electron chi connectivity index (χ2n) is 3.23. The summed E-state index contributed by atoms with van der Waals surface area (Å²) in [5, 5.41) is 0. The van der Waals surface area contributed by atoms with Gasteiger partial charge in [-0.15, -0.1) is 0 Å². The van der Waals surface area contributed by atoms with Gasteiger partial charge < -0.3 is 4.90 Å². The summed E-state index contributed by atoms with van der Waals surface area (Å²) < 4.78 is 0. The van der Waals surface area contributed by atoms with Crippen LogP contribution in [0.3, 0.4) is 0 Å². The summed E-state index contributed by atoms with van der Waals surface area (Å²) in [6, 6.07) is 3.84. The molecule has 0 aliphatic heterocycles. The van der Waals surface area contributed by atoms with Crippen molar-refractivity contribution in [1.82, 2.24) is 9.88 Å². The Morgan fingerprint density at radius 3 is 2.77 bits per heavy atom. The standard InChI is InChI=1S/C10H14N2O/c1-8-5-4-6-11-9(8)7-10(13)12(2)3/h4-6H,7H2,1-3H3. The van der Waals surface area contributed by atoms with Gasteiger partial charge in [-0.2, -0.15) is 0 Å². The van der Waals surface area contributed by atoms with Gasteiger partial charge in [0, 0.05) is 20.3 Å². The predicted molar refractivity (Wildman–Crippen MR) is 51.4 cm³/mol. The third-order valence-corrected chi connectivity index (χ3v) is 1.94. The SMILES string of the molecule is Cc1cccnc1CC(=O)N(C)C. The number of aryl methyl sites for hydroxylation is 1. The molecule has 13 heavy (non-hydrogen) atoms. The van der Waals surface area contributed by atoms with Crippen LogP contribution in [0.5, 0.6) is 0 Å². The first kappa shape index (κ1) is 9.71. The van der Waals surface area contributed by atoms with Crippen LogP contribution < -0.4 is 0 Å². The number of aromatic nitrogens is 1. The topological polar surface area (TPSA) is 33.2 Å². The summed E-state index contributed by atoms with van der Waals surface area (Å²) in [6.45, 7) is 1.96. The highest BCUT2D eigenvalue weighted by atomic mass is 16.2. The second kappa shape index (κ2) is 4.03. The lowest BCUT2D eigenvalue weighted by Gasteiger charge is -2.10. The molecule has 0 saturated carbocycles. The van der Waals surface area contributed by atoms with Crippen LogP contribution in [-0.4, -0.2) is 29.9 Å². The predicted octanol–water partition coefficient (Wildman–Crippen LogP) is 1.02. The molecule has 0 fully saturated rings. The van der Waals surface area contributed by atoms with Crippen molar-refractivity contribution in [3.63, 3.8) is 0 Å². The summed E-state index contributed by atoms with van der Waals surface area (Å²) in [5.41, 5.74) is 1.93. The minimum Gasteiger partial charge on any atom is -0.348 e. The van der Waals surface area contributed by atoms with Crippen molar-refractivity contribution in [1.29, 1.82) is 0 Å². The van der Waals surface area contributed by atoms with Gasteiger partial charge >= 0.3 is 0 Å². The van der Waals surface area contributed by atoms with Crippen LogP contribution in [0.1, 0.15) is 11.3 Å². The van der Waals surface area contributed by atoms with Crippen LogP contribution in [-0.2, 0) is 11.2 Å². The molecule has 1 amide bonds. The van der Waals surface area contributed by atoms with E-state index in [0.29, 0.717) is 6.42 Å². The minimum absolute atomic E-state index is 0.0850. The van der Waals surface area contributed by atoms with E-state index in [1.54, 1.807) is 25.2 Å². The molecule has 0 aromatic carbocycles. The van der Waals surface area contributed by atoms with E-state index >= 15 is 0 Å². The highest BCUT2D eigenvalue weighted by molar-refractivity contribution is 5.78. The smallest absolute Gasteiger partial charge is 0.228 e. The maximum atomic E-state index is 11.4. The van der Waals surface area contributed by atoms with E-state index in [1.165, 1.54) is 0 Å². The van der Waals surface area contributed by atoms with Gasteiger partial charge in [-0.05, 0) is 18.6 Å². The van der Waals surface area contributed by atoms with Crippen LogP contribution in [0.25, 0.3) is 0 Å². The summed E-state index contributed by atoms with van der Waals surface area (Å²) in [6.07, 6.45) is 2.10. The van der Waals surface area contributed by atoms with Crippen molar-refractivity contribution >= 4 is 5.91 Å². The van der Waals surface area contributed by atoms with Crippen molar-refractivity contribution in [3.05, 3.63) is 29.6 Å². The molecule has 3 heteroatoms. The van der Waals surface area contributed by atoms with Crippen molar-refractivity contribution in [2.24, 2.45) is 0 Å². The molecule has 1 aromatic rings. The average molecular weight is 178 g/mol. The van der Waals surface area contributed by atoms with E-state index in [1.807, 2.05) is 19.1 Å². The third-order valence-electron chi connectivity index (χ3n) is 1.94. The fourth-order valence-corrected chi connectivity index (χ4v) is 1.00. The third kappa shape index (κ3) is 2.54. The van der Waals surface area contributed by atoms with Gasteiger partial charge in [0.2, 0.25) is 5.91 Å². The molecule has 1 rings (SSSR count). The fraction of sp³-hybridized carbons (Fsp3) is 0.400. The van der Waals surface area contributed by atoms with Gasteiger partial charge in [-0.3, -0.25) is 9.78 Å². The van der Waals surface area contributed by atoms with Gasteiger partial charge in [0.25, 0.3) is 0 Å². The molecule has 0 aliphatic rings. The Balaban J connectivity index is 2.75. The highest BCUT2D eigenvalue weighted by Gasteiger charge is 2.07. The lowest BCUT2D eigenvalue weighted by atomic mass is 10.1. The van der Waals surface area contributed by atoms with Gasteiger partial charge in [-0.1, -0.05) is 6.07 Å². The Morgan fingerprint density at radius 1 is 1.54 bits per heavy atom. The number of pyridine rings is 1. The molecule has 70 valence electrons. The van der Waals surface area contributed by atoms with Crippen molar-refractivity contribution < 1.29 is 4.79 Å². The molecule has 1 aromatic heterocycles. The monoisotopic (exact) mass is 178 g/mol. The Hall–Kier alpha value is -1.38. The maximum absolute atomic E-state index is 11.4. The largest absolute Gasteiger partial charge is 0.348 e. The fourth-order valence-electron chi connectivity index (χ4n) is 1.00. The average Bonchev–Trinajstić information content (AvgIpc) is 2.08. The first-order valence-electron chi connectivity index (χ1n) is 4.22. The molecule has 1 heterocycles. The molecule has 0 atom stereocenters. The van der Waals surface area contributed by atoms with E-state index in [0.717, 1.165) is 11.3 Å². The molecule has 0 bridgehead atoms. The van der Waals surface area contributed by atoms with Gasteiger partial charge in [-0.25, -0.2) is 0 Å². The summed E-state index contributed by atoms with van der Waals surface area (Å²) in [7, 11) is 3.50. The molecule has 0 unspecified atom stereocenters. The number of likely N-dealkylation sites (N-methyl/N-ethyl adjacent to an activating group) is 1. The number of hydrogen-bond donors (Lipinski definition) is 0. The van der Waals surface area contributed by atoms with Crippen LogP contribution in [0, 0.1) is 6.92 Å². The molecular weight excluding hydrogens is 164 g/mol. The summed E-state index contributed by atoms with van der Waals surface area (Å²) in [5.74, 6) is 0.0850. The lowest BCUT2D eigenvalue weighted by molar-refractivity contribution is -0.128. The molecule has 0 saturated heterocycles. The van der Waals surface area contributed by atoms with Crippen LogP contribution in [0.2, 0.25) is 0 Å². The van der Waals surface area contributed by atoms with Gasteiger partial charge in [0.1, 0.15) is 0 Å². The Labute approximate surface area is 78.4 Å². The lowest BCUT2D eigenvalue weighted by Crippen LogP contribution is -2.24. The Morgan fingerprint density at radius 2 is 2.23 bits per heavy atom. The molecular formula is C10H14N2O. The van der Waals surface area contributed by atoms with Crippen LogP contribution in [0.15, 0.2) is 18.3 Å². The quantitative estimate of drug-likeness (QED) is 0.677. The zero-order chi connectivity index (χ0) is 9.84. The number of hydrogen-bond acceptors (Lipinski definition) is 2. The Kier molecular flexibility index (Phi) is 3.01. The van der Waals surface area contributed by atoms with Crippen molar-refractivity contribution in [3.8, 4) is 0 Å². The molecule has 0 spiro atoms. The number of rotatable bonds is 2. The highest BCUT2D eigenvalue weighted by Crippen LogP contribution is 2.04. The number of nitrogens with zero attached hydrogens (tertiary/aromatic N) is 2. The van der Waals surface area contributed by atoms with Crippen molar-refractivity contribution in [2.75, 3.05) is 14.1 Å².